The van der Waals surface area contributed by atoms with Crippen molar-refractivity contribution in [2.75, 3.05) is 13.3 Å². The lowest BCUT2D eigenvalue weighted by Crippen LogP contribution is -2.49. The second-order valence-corrected chi connectivity index (χ2v) is 8.93. The summed E-state index contributed by atoms with van der Waals surface area (Å²) in [6, 6.07) is 7.03. The molecule has 34 heavy (non-hydrogen) atoms. The van der Waals surface area contributed by atoms with Gasteiger partial charge in [0.05, 0.1) is 21.5 Å². The number of hydrogen-bond acceptors (Lipinski definition) is 9. The maximum atomic E-state index is 12.8. The molecule has 3 heterocycles. The summed E-state index contributed by atoms with van der Waals surface area (Å²) in [4.78, 5) is 35.9. The van der Waals surface area contributed by atoms with E-state index in [-0.39, 0.29) is 23.8 Å². The number of hydrogen-bond donors (Lipinski definition) is 0. The Bertz CT molecular complexity index is 1260. The van der Waals surface area contributed by atoms with Crippen LogP contribution in [-0.2, 0) is 16.7 Å². The van der Waals surface area contributed by atoms with E-state index in [1.54, 1.807) is 0 Å². The normalized spacial score (nSPS) is 27.6. The zero-order valence-electron chi connectivity index (χ0n) is 17.8. The predicted octanol–water partition coefficient (Wildman–Crippen LogP) is 3.24. The van der Waals surface area contributed by atoms with Gasteiger partial charge in [-0.05, 0) is 35.8 Å². The molecule has 2 aromatic rings. The summed E-state index contributed by atoms with van der Waals surface area (Å²) < 4.78 is 16.8. The molecule has 4 unspecified atom stereocenters. The summed E-state index contributed by atoms with van der Waals surface area (Å²) in [5.41, 5.74) is 0.881. The third-order valence-corrected chi connectivity index (χ3v) is 7.20. The Kier molecular flexibility index (Phi) is 4.40. The van der Waals surface area contributed by atoms with Gasteiger partial charge in [-0.3, -0.25) is 25.1 Å². The first-order valence-corrected chi connectivity index (χ1v) is 10.9. The molecule has 1 saturated heterocycles. The maximum absolute atomic E-state index is 12.8. The van der Waals surface area contributed by atoms with Crippen molar-refractivity contribution in [2.45, 2.75) is 36.9 Å². The first-order valence-electron chi connectivity index (χ1n) is 10.9. The molecule has 3 aliphatic heterocycles. The van der Waals surface area contributed by atoms with E-state index in [1.165, 1.54) is 11.1 Å². The van der Waals surface area contributed by atoms with E-state index in [9.17, 15) is 25.0 Å². The molecule has 0 N–H and O–H groups in total. The summed E-state index contributed by atoms with van der Waals surface area (Å²) in [6.45, 7) is 1.86. The van der Waals surface area contributed by atoms with Crippen LogP contribution in [0, 0.1) is 20.2 Å². The predicted molar refractivity (Wildman–Crippen MR) is 116 cm³/mol. The van der Waals surface area contributed by atoms with E-state index >= 15 is 0 Å². The SMILES string of the molecule is O=C(OC1C=CC23CCN(Cc4cc5c(cc42)OCO5)C3C1)c1cc([N+](=O)[O-])cc([N+](=O)[O-])c1. The van der Waals surface area contributed by atoms with Gasteiger partial charge in [0.15, 0.2) is 11.5 Å². The molecule has 1 aliphatic carbocycles. The summed E-state index contributed by atoms with van der Waals surface area (Å²) in [7, 11) is 0. The van der Waals surface area contributed by atoms with Gasteiger partial charge >= 0.3 is 5.97 Å². The number of non-ortho nitro benzene ring substituents is 2. The highest BCUT2D eigenvalue weighted by Crippen LogP contribution is 2.53. The molecule has 4 atom stereocenters. The highest BCUT2D eigenvalue weighted by Gasteiger charge is 2.53. The average molecular weight is 465 g/mol. The number of benzene rings is 2. The smallest absolute Gasteiger partial charge is 0.339 e. The van der Waals surface area contributed by atoms with Crippen LogP contribution in [0.4, 0.5) is 11.4 Å². The van der Waals surface area contributed by atoms with Gasteiger partial charge in [-0.15, -0.1) is 0 Å². The number of fused-ring (bicyclic) bond motifs is 2. The summed E-state index contributed by atoms with van der Waals surface area (Å²) in [6.07, 6.45) is 4.87. The zero-order valence-corrected chi connectivity index (χ0v) is 17.8. The molecule has 0 spiro atoms. The van der Waals surface area contributed by atoms with Crippen molar-refractivity contribution in [3.8, 4) is 11.5 Å². The van der Waals surface area contributed by atoms with E-state index in [0.717, 1.165) is 49.2 Å². The van der Waals surface area contributed by atoms with Crippen LogP contribution in [-0.4, -0.2) is 46.2 Å². The van der Waals surface area contributed by atoms with Crippen molar-refractivity contribution in [1.82, 2.24) is 4.90 Å². The van der Waals surface area contributed by atoms with Crippen LogP contribution in [0.2, 0.25) is 0 Å². The van der Waals surface area contributed by atoms with Crippen LogP contribution in [0.25, 0.3) is 0 Å². The summed E-state index contributed by atoms with van der Waals surface area (Å²) in [5.74, 6) is 0.660. The molecule has 0 aromatic heterocycles. The Hall–Kier alpha value is -3.99. The number of nitro benzene ring substituents is 2. The van der Waals surface area contributed by atoms with Crippen molar-refractivity contribution in [3.63, 3.8) is 0 Å². The van der Waals surface area contributed by atoms with E-state index < -0.39 is 33.3 Å². The lowest BCUT2D eigenvalue weighted by Gasteiger charge is -2.45. The molecule has 1 fully saturated rings. The Morgan fingerprint density at radius 3 is 2.47 bits per heavy atom. The van der Waals surface area contributed by atoms with Crippen LogP contribution in [0.5, 0.6) is 11.5 Å². The van der Waals surface area contributed by atoms with E-state index in [4.69, 9.17) is 14.2 Å². The van der Waals surface area contributed by atoms with Crippen molar-refractivity contribution in [1.29, 1.82) is 0 Å². The molecule has 0 radical (unpaired) electrons. The maximum Gasteiger partial charge on any atom is 0.339 e. The number of esters is 1. The number of nitro groups is 2. The largest absolute Gasteiger partial charge is 0.454 e. The van der Waals surface area contributed by atoms with E-state index in [2.05, 4.69) is 17.0 Å². The van der Waals surface area contributed by atoms with Gasteiger partial charge in [0.1, 0.15) is 6.10 Å². The molecule has 0 amide bonds. The molecule has 6 rings (SSSR count). The minimum absolute atomic E-state index is 0.114. The average Bonchev–Trinajstić information content (AvgIpc) is 3.39. The van der Waals surface area contributed by atoms with Gasteiger partial charge in [-0.2, -0.15) is 0 Å². The number of carbonyl (C=O) groups is 1. The Morgan fingerprint density at radius 1 is 1.06 bits per heavy atom. The first kappa shape index (κ1) is 20.6. The molecule has 11 nitrogen and oxygen atoms in total. The minimum Gasteiger partial charge on any atom is -0.454 e. The number of nitrogens with zero attached hydrogens (tertiary/aromatic N) is 3. The van der Waals surface area contributed by atoms with Crippen LogP contribution in [0.3, 0.4) is 0 Å². The van der Waals surface area contributed by atoms with Crippen molar-refractivity contribution in [3.05, 3.63) is 79.4 Å². The number of rotatable bonds is 4. The van der Waals surface area contributed by atoms with Gasteiger partial charge in [0.25, 0.3) is 11.4 Å². The fraction of sp³-hybridized carbons (Fsp3) is 0.348. The van der Waals surface area contributed by atoms with Crippen LogP contribution >= 0.6 is 0 Å². The third-order valence-electron chi connectivity index (χ3n) is 7.20. The summed E-state index contributed by atoms with van der Waals surface area (Å²) >= 11 is 0. The van der Waals surface area contributed by atoms with Crippen LogP contribution in [0.1, 0.15) is 34.3 Å². The first-order chi connectivity index (χ1) is 16.3. The van der Waals surface area contributed by atoms with Gasteiger partial charge in [0, 0.05) is 43.1 Å². The topological polar surface area (TPSA) is 134 Å². The fourth-order valence-corrected chi connectivity index (χ4v) is 5.69. The van der Waals surface area contributed by atoms with Gasteiger partial charge in [-0.1, -0.05) is 6.08 Å². The molecule has 11 heteroatoms. The molecular weight excluding hydrogens is 446 g/mol. The summed E-state index contributed by atoms with van der Waals surface area (Å²) in [5, 5.41) is 22.3. The lowest BCUT2D eigenvalue weighted by atomic mass is 9.66. The molecule has 2 aromatic carbocycles. The monoisotopic (exact) mass is 465 g/mol. The van der Waals surface area contributed by atoms with Gasteiger partial charge in [-0.25, -0.2) is 4.79 Å². The Labute approximate surface area is 192 Å². The van der Waals surface area contributed by atoms with E-state index in [1.807, 2.05) is 12.1 Å². The molecule has 174 valence electrons. The standard InChI is InChI=1S/C23H19N3O8/c27-22(13-5-15(25(28)29)8-16(6-13)26(30)31)34-17-1-2-23-3-4-24(21(23)9-17)11-14-7-19-20(10-18(14)23)33-12-32-19/h1-2,5-8,10,17,21H,3-4,9,11-12H2. The molecule has 4 aliphatic rings. The lowest BCUT2D eigenvalue weighted by molar-refractivity contribution is -0.394. The Morgan fingerprint density at radius 2 is 1.76 bits per heavy atom. The molecule has 0 saturated carbocycles. The van der Waals surface area contributed by atoms with Crippen LogP contribution in [0.15, 0.2) is 42.5 Å². The quantitative estimate of drug-likeness (QED) is 0.289. The Balaban J connectivity index is 1.28. The fourth-order valence-electron chi connectivity index (χ4n) is 5.69. The van der Waals surface area contributed by atoms with Gasteiger partial charge in [0.2, 0.25) is 6.79 Å². The van der Waals surface area contributed by atoms with Crippen molar-refractivity contribution in [2.24, 2.45) is 0 Å². The van der Waals surface area contributed by atoms with E-state index in [0.29, 0.717) is 6.42 Å². The highest BCUT2D eigenvalue weighted by atomic mass is 16.7. The zero-order chi connectivity index (χ0) is 23.6. The second-order valence-electron chi connectivity index (χ2n) is 8.93. The van der Waals surface area contributed by atoms with Gasteiger partial charge < -0.3 is 14.2 Å². The van der Waals surface area contributed by atoms with Crippen LogP contribution < -0.4 is 9.47 Å². The third kappa shape index (κ3) is 3.04. The highest BCUT2D eigenvalue weighted by molar-refractivity contribution is 5.91. The number of ether oxygens (including phenoxy) is 3. The van der Waals surface area contributed by atoms with Crippen molar-refractivity contribution < 1.29 is 28.9 Å². The minimum atomic E-state index is -0.834. The number of carbonyl (C=O) groups excluding carboxylic acids is 1. The molecular formula is C23H19N3O8. The second kappa shape index (κ2) is 7.26. The molecule has 2 bridgehead atoms. The van der Waals surface area contributed by atoms with Crippen molar-refractivity contribution >= 4 is 17.3 Å².